The molecule has 0 saturated heterocycles. The maximum atomic E-state index is 12.7. The molecule has 0 spiro atoms. The van der Waals surface area contributed by atoms with Crippen molar-refractivity contribution in [2.45, 2.75) is 19.8 Å². The van der Waals surface area contributed by atoms with E-state index in [0.717, 1.165) is 41.0 Å². The van der Waals surface area contributed by atoms with Crippen LogP contribution in [0.25, 0.3) is 22.4 Å². The summed E-state index contributed by atoms with van der Waals surface area (Å²) in [6.45, 7) is 2.53. The van der Waals surface area contributed by atoms with Gasteiger partial charge in [0, 0.05) is 5.56 Å². The van der Waals surface area contributed by atoms with Crippen LogP contribution in [-0.2, 0) is 9.53 Å². The van der Waals surface area contributed by atoms with E-state index in [4.69, 9.17) is 4.74 Å². The fourth-order valence-corrected chi connectivity index (χ4v) is 3.09. The monoisotopic (exact) mass is 333 g/mol. The van der Waals surface area contributed by atoms with Crippen LogP contribution in [0.3, 0.4) is 0 Å². The molecule has 1 aliphatic rings. The first kappa shape index (κ1) is 15.4. The first-order chi connectivity index (χ1) is 12.2. The number of para-hydroxylation sites is 3. The van der Waals surface area contributed by atoms with Crippen molar-refractivity contribution in [1.29, 1.82) is 0 Å². The number of nitrogens with one attached hydrogen (secondary N) is 2. The molecule has 0 unspecified atom stereocenters. The predicted octanol–water partition coefficient (Wildman–Crippen LogP) is 4.25. The third-order valence-corrected chi connectivity index (χ3v) is 4.41. The molecule has 0 atom stereocenters. The van der Waals surface area contributed by atoms with Crippen molar-refractivity contribution in [2.75, 3.05) is 11.9 Å². The second-order valence-corrected chi connectivity index (χ2v) is 6.09. The van der Waals surface area contributed by atoms with Crippen molar-refractivity contribution in [3.8, 4) is 11.4 Å². The van der Waals surface area contributed by atoms with Crippen LogP contribution in [0, 0.1) is 0 Å². The standard InChI is InChI=1S/C20H19N3O2/c1-13-14(8-6-12-25-13)20(24)23-16-9-3-2-7-15(16)19-21-17-10-4-5-11-18(17)22-19/h2-5,7,9-11H,6,8,12H2,1H3,(H,21,22)(H,23,24). The number of H-pyrrole nitrogens is 1. The summed E-state index contributed by atoms with van der Waals surface area (Å²) in [6.07, 6.45) is 1.61. The molecule has 0 saturated carbocycles. The van der Waals surface area contributed by atoms with Crippen LogP contribution in [0.1, 0.15) is 19.8 Å². The Morgan fingerprint density at radius 3 is 2.80 bits per heavy atom. The van der Waals surface area contributed by atoms with Crippen LogP contribution < -0.4 is 5.32 Å². The molecule has 1 aromatic heterocycles. The van der Waals surface area contributed by atoms with Gasteiger partial charge < -0.3 is 15.0 Å². The molecule has 2 aromatic carbocycles. The SMILES string of the molecule is CC1=C(C(=O)Nc2ccccc2-c2nc3ccccc3[nH]2)CCCO1. The predicted molar refractivity (Wildman–Crippen MR) is 98.0 cm³/mol. The zero-order valence-electron chi connectivity index (χ0n) is 14.0. The molecular weight excluding hydrogens is 314 g/mol. The fourth-order valence-electron chi connectivity index (χ4n) is 3.09. The average Bonchev–Trinajstić information content (AvgIpc) is 3.06. The first-order valence-electron chi connectivity index (χ1n) is 8.40. The Morgan fingerprint density at radius 2 is 1.96 bits per heavy atom. The number of benzene rings is 2. The molecule has 126 valence electrons. The zero-order chi connectivity index (χ0) is 17.2. The molecular formula is C20H19N3O2. The number of carbonyl (C=O) groups excluding carboxylic acids is 1. The summed E-state index contributed by atoms with van der Waals surface area (Å²) in [4.78, 5) is 20.6. The number of allylic oxidation sites excluding steroid dienone is 1. The maximum Gasteiger partial charge on any atom is 0.254 e. The Hall–Kier alpha value is -3.08. The van der Waals surface area contributed by atoms with Gasteiger partial charge in [-0.15, -0.1) is 0 Å². The minimum absolute atomic E-state index is 0.110. The highest BCUT2D eigenvalue weighted by Gasteiger charge is 2.19. The van der Waals surface area contributed by atoms with E-state index in [-0.39, 0.29) is 5.91 Å². The smallest absolute Gasteiger partial charge is 0.254 e. The lowest BCUT2D eigenvalue weighted by atomic mass is 10.1. The third-order valence-electron chi connectivity index (χ3n) is 4.41. The van der Waals surface area contributed by atoms with Gasteiger partial charge in [0.15, 0.2) is 0 Å². The molecule has 5 heteroatoms. The number of rotatable bonds is 3. The van der Waals surface area contributed by atoms with Gasteiger partial charge in [-0.1, -0.05) is 24.3 Å². The van der Waals surface area contributed by atoms with Crippen molar-refractivity contribution >= 4 is 22.6 Å². The van der Waals surface area contributed by atoms with Crippen molar-refractivity contribution in [2.24, 2.45) is 0 Å². The third kappa shape index (κ3) is 3.01. The van der Waals surface area contributed by atoms with Gasteiger partial charge in [-0.3, -0.25) is 4.79 Å². The van der Waals surface area contributed by atoms with Crippen molar-refractivity contribution < 1.29 is 9.53 Å². The molecule has 4 rings (SSSR count). The number of anilines is 1. The molecule has 3 aromatic rings. The zero-order valence-corrected chi connectivity index (χ0v) is 14.0. The van der Waals surface area contributed by atoms with E-state index < -0.39 is 0 Å². The molecule has 1 aliphatic heterocycles. The summed E-state index contributed by atoms with van der Waals surface area (Å²) in [5, 5.41) is 3.02. The second kappa shape index (κ2) is 6.43. The van der Waals surface area contributed by atoms with Gasteiger partial charge in [-0.2, -0.15) is 0 Å². The number of aromatic amines is 1. The van der Waals surface area contributed by atoms with E-state index in [1.54, 1.807) is 0 Å². The van der Waals surface area contributed by atoms with Gasteiger partial charge in [0.1, 0.15) is 11.6 Å². The number of hydrogen-bond donors (Lipinski definition) is 2. The highest BCUT2D eigenvalue weighted by atomic mass is 16.5. The number of imidazole rings is 1. The van der Waals surface area contributed by atoms with Gasteiger partial charge in [-0.05, 0) is 44.0 Å². The van der Waals surface area contributed by atoms with Crippen molar-refractivity contribution in [1.82, 2.24) is 9.97 Å². The maximum absolute atomic E-state index is 12.7. The Kier molecular flexibility index (Phi) is 3.98. The first-order valence-corrected chi connectivity index (χ1v) is 8.40. The number of aromatic nitrogens is 2. The van der Waals surface area contributed by atoms with Crippen LogP contribution in [0.4, 0.5) is 5.69 Å². The number of ether oxygens (including phenoxy) is 1. The van der Waals surface area contributed by atoms with Gasteiger partial charge in [0.05, 0.1) is 28.9 Å². The van der Waals surface area contributed by atoms with E-state index in [2.05, 4.69) is 15.3 Å². The highest BCUT2D eigenvalue weighted by Crippen LogP contribution is 2.29. The number of amides is 1. The fraction of sp³-hybridized carbons (Fsp3) is 0.200. The largest absolute Gasteiger partial charge is 0.498 e. The van der Waals surface area contributed by atoms with Crippen LogP contribution in [-0.4, -0.2) is 22.5 Å². The molecule has 2 N–H and O–H groups in total. The summed E-state index contributed by atoms with van der Waals surface area (Å²) in [6, 6.07) is 15.6. The van der Waals surface area contributed by atoms with Crippen LogP contribution in [0.5, 0.6) is 0 Å². The van der Waals surface area contributed by atoms with Crippen LogP contribution >= 0.6 is 0 Å². The van der Waals surface area contributed by atoms with Crippen molar-refractivity contribution in [3.05, 3.63) is 59.9 Å². The number of carbonyl (C=O) groups is 1. The van der Waals surface area contributed by atoms with Crippen molar-refractivity contribution in [3.63, 3.8) is 0 Å². The Labute approximate surface area is 145 Å². The quantitative estimate of drug-likeness (QED) is 0.753. The minimum Gasteiger partial charge on any atom is -0.498 e. The normalized spacial score (nSPS) is 14.4. The summed E-state index contributed by atoms with van der Waals surface area (Å²) in [5.74, 6) is 1.34. The number of fused-ring (bicyclic) bond motifs is 1. The summed E-state index contributed by atoms with van der Waals surface area (Å²) >= 11 is 0. The number of hydrogen-bond acceptors (Lipinski definition) is 3. The van der Waals surface area contributed by atoms with E-state index >= 15 is 0 Å². The van der Waals surface area contributed by atoms with E-state index in [1.165, 1.54) is 0 Å². The average molecular weight is 333 g/mol. The highest BCUT2D eigenvalue weighted by molar-refractivity contribution is 6.06. The molecule has 1 amide bonds. The second-order valence-electron chi connectivity index (χ2n) is 6.09. The summed E-state index contributed by atoms with van der Waals surface area (Å²) in [5.41, 5.74) is 4.18. The Bertz CT molecular complexity index is 939. The molecule has 5 nitrogen and oxygen atoms in total. The summed E-state index contributed by atoms with van der Waals surface area (Å²) < 4.78 is 5.50. The molecule has 0 radical (unpaired) electrons. The molecule has 0 bridgehead atoms. The Balaban J connectivity index is 1.68. The minimum atomic E-state index is -0.110. The van der Waals surface area contributed by atoms with E-state index in [1.807, 2.05) is 55.5 Å². The van der Waals surface area contributed by atoms with E-state index in [9.17, 15) is 4.79 Å². The topological polar surface area (TPSA) is 67.0 Å². The molecule has 25 heavy (non-hydrogen) atoms. The molecule has 2 heterocycles. The van der Waals surface area contributed by atoms with Gasteiger partial charge in [-0.25, -0.2) is 4.98 Å². The number of nitrogens with zero attached hydrogens (tertiary/aromatic N) is 1. The molecule has 0 fully saturated rings. The molecule has 0 aliphatic carbocycles. The lowest BCUT2D eigenvalue weighted by molar-refractivity contribution is -0.113. The lowest BCUT2D eigenvalue weighted by Crippen LogP contribution is -2.20. The summed E-state index contributed by atoms with van der Waals surface area (Å²) in [7, 11) is 0. The van der Waals surface area contributed by atoms with Gasteiger partial charge in [0.25, 0.3) is 5.91 Å². The van der Waals surface area contributed by atoms with Crippen LogP contribution in [0.15, 0.2) is 59.9 Å². The van der Waals surface area contributed by atoms with Crippen LogP contribution in [0.2, 0.25) is 0 Å². The Morgan fingerprint density at radius 1 is 1.16 bits per heavy atom. The lowest BCUT2D eigenvalue weighted by Gasteiger charge is -2.19. The van der Waals surface area contributed by atoms with Gasteiger partial charge >= 0.3 is 0 Å². The van der Waals surface area contributed by atoms with E-state index in [0.29, 0.717) is 17.9 Å². The van der Waals surface area contributed by atoms with Gasteiger partial charge in [0.2, 0.25) is 0 Å².